The first-order chi connectivity index (χ1) is 18.0. The molecule has 196 valence electrons. The molecule has 0 saturated heterocycles. The number of pyridine rings is 1. The van der Waals surface area contributed by atoms with Crippen molar-refractivity contribution in [3.05, 3.63) is 81.9 Å². The van der Waals surface area contributed by atoms with Crippen LogP contribution in [0.1, 0.15) is 24.4 Å². The number of H-pyrrole nitrogens is 1. The van der Waals surface area contributed by atoms with Crippen LogP contribution in [0, 0.1) is 6.92 Å². The number of halogens is 4. The van der Waals surface area contributed by atoms with Crippen molar-refractivity contribution in [2.24, 2.45) is 0 Å². The lowest BCUT2D eigenvalue weighted by molar-refractivity contribution is -0.192. The standard InChI is InChI=1S/C22H18ClN7O.C2HF3O2/c1-12-6-5-9-16-29-18(13(2)28-21-19-20(25-10-24-19)26-11-27-21)17(22(31)30(12)16)14-7-3-4-8-15(14)23;3-2(4,5)1(6)7/h3-11,13H,1-2H3,(H2,24,25,26,27,28);(H,6,7). The summed E-state index contributed by atoms with van der Waals surface area (Å²) in [4.78, 5) is 43.1. The van der Waals surface area contributed by atoms with E-state index in [1.807, 2.05) is 50.2 Å². The van der Waals surface area contributed by atoms with Gasteiger partial charge in [0.2, 0.25) is 0 Å². The Hall–Kier alpha value is -4.52. The normalized spacial score (nSPS) is 12.2. The maximum Gasteiger partial charge on any atom is 0.490 e. The highest BCUT2D eigenvalue weighted by Crippen LogP contribution is 2.32. The third kappa shape index (κ3) is 5.27. The molecule has 0 saturated carbocycles. The van der Waals surface area contributed by atoms with E-state index in [0.717, 1.165) is 5.69 Å². The zero-order valence-corrected chi connectivity index (χ0v) is 20.5. The lowest BCUT2D eigenvalue weighted by Gasteiger charge is -2.19. The van der Waals surface area contributed by atoms with Crippen LogP contribution in [0.4, 0.5) is 19.0 Å². The molecule has 0 radical (unpaired) electrons. The molecule has 3 N–H and O–H groups in total. The first-order valence-corrected chi connectivity index (χ1v) is 11.3. The van der Waals surface area contributed by atoms with Crippen LogP contribution in [0.2, 0.25) is 5.02 Å². The van der Waals surface area contributed by atoms with E-state index in [9.17, 15) is 18.0 Å². The molecule has 1 atom stereocenters. The minimum atomic E-state index is -5.08. The summed E-state index contributed by atoms with van der Waals surface area (Å²) in [5.74, 6) is -2.21. The summed E-state index contributed by atoms with van der Waals surface area (Å²) in [6.07, 6.45) is -2.07. The van der Waals surface area contributed by atoms with E-state index < -0.39 is 12.1 Å². The van der Waals surface area contributed by atoms with Crippen molar-refractivity contribution in [3.63, 3.8) is 0 Å². The van der Waals surface area contributed by atoms with Gasteiger partial charge in [-0.2, -0.15) is 13.2 Å². The molecule has 0 fully saturated rings. The second-order valence-corrected chi connectivity index (χ2v) is 8.42. The number of aromatic nitrogens is 6. The predicted octanol–water partition coefficient (Wildman–Crippen LogP) is 4.80. The number of benzene rings is 1. The van der Waals surface area contributed by atoms with Gasteiger partial charge in [0, 0.05) is 16.3 Å². The fourth-order valence-electron chi connectivity index (χ4n) is 3.73. The van der Waals surface area contributed by atoms with Crippen LogP contribution in [0.3, 0.4) is 0 Å². The minimum Gasteiger partial charge on any atom is -0.475 e. The number of alkyl halides is 3. The Morgan fingerprint density at radius 1 is 1.13 bits per heavy atom. The summed E-state index contributed by atoms with van der Waals surface area (Å²) in [7, 11) is 0. The Labute approximate surface area is 217 Å². The van der Waals surface area contributed by atoms with Gasteiger partial charge in [0.05, 0.1) is 23.6 Å². The van der Waals surface area contributed by atoms with E-state index in [4.69, 9.17) is 26.5 Å². The number of nitrogens with one attached hydrogen (secondary N) is 2. The molecule has 14 heteroatoms. The van der Waals surface area contributed by atoms with Crippen LogP contribution >= 0.6 is 11.6 Å². The lowest BCUT2D eigenvalue weighted by atomic mass is 10.0. The van der Waals surface area contributed by atoms with Gasteiger partial charge in [-0.25, -0.2) is 24.7 Å². The van der Waals surface area contributed by atoms with Crippen molar-refractivity contribution in [2.75, 3.05) is 5.32 Å². The second kappa shape index (κ2) is 10.5. The topological polar surface area (TPSA) is 138 Å². The number of carboxylic acid groups (broad SMARTS) is 1. The highest BCUT2D eigenvalue weighted by atomic mass is 35.5. The number of aryl methyl sites for hydroxylation is 1. The molecule has 10 nitrogen and oxygen atoms in total. The third-order valence-corrected chi connectivity index (χ3v) is 5.77. The molecule has 1 unspecified atom stereocenters. The van der Waals surface area contributed by atoms with Crippen LogP contribution < -0.4 is 10.9 Å². The van der Waals surface area contributed by atoms with E-state index in [1.54, 1.807) is 16.8 Å². The molecule has 4 heterocycles. The monoisotopic (exact) mass is 545 g/mol. The molecule has 0 amide bonds. The average molecular weight is 546 g/mol. The number of nitrogens with zero attached hydrogens (tertiary/aromatic N) is 5. The zero-order chi connectivity index (χ0) is 27.6. The third-order valence-electron chi connectivity index (χ3n) is 5.44. The first-order valence-electron chi connectivity index (χ1n) is 11.0. The van der Waals surface area contributed by atoms with Crippen molar-refractivity contribution in [2.45, 2.75) is 26.1 Å². The Bertz CT molecular complexity index is 1700. The molecule has 0 aliphatic heterocycles. The Balaban J connectivity index is 0.000000426. The first kappa shape index (κ1) is 26.5. The van der Waals surface area contributed by atoms with Gasteiger partial charge in [-0.05, 0) is 32.0 Å². The molecule has 38 heavy (non-hydrogen) atoms. The van der Waals surface area contributed by atoms with Gasteiger partial charge >= 0.3 is 12.1 Å². The van der Waals surface area contributed by atoms with E-state index >= 15 is 0 Å². The van der Waals surface area contributed by atoms with Crippen molar-refractivity contribution in [1.29, 1.82) is 0 Å². The highest BCUT2D eigenvalue weighted by Gasteiger charge is 2.38. The number of hydrogen-bond acceptors (Lipinski definition) is 7. The molecular weight excluding hydrogens is 527 g/mol. The number of hydrogen-bond donors (Lipinski definition) is 3. The molecule has 0 aliphatic carbocycles. The zero-order valence-electron chi connectivity index (χ0n) is 19.8. The van der Waals surface area contributed by atoms with Crippen LogP contribution in [-0.2, 0) is 4.79 Å². The number of carbonyl (C=O) groups is 1. The van der Waals surface area contributed by atoms with Gasteiger partial charge < -0.3 is 15.4 Å². The van der Waals surface area contributed by atoms with E-state index in [2.05, 4.69) is 25.3 Å². The number of rotatable bonds is 4. The van der Waals surface area contributed by atoms with Crippen LogP contribution in [0.25, 0.3) is 27.9 Å². The number of carboxylic acids is 1. The maximum atomic E-state index is 13.6. The number of aromatic amines is 1. The second-order valence-electron chi connectivity index (χ2n) is 8.01. The summed E-state index contributed by atoms with van der Waals surface area (Å²) in [5, 5.41) is 10.9. The summed E-state index contributed by atoms with van der Waals surface area (Å²) < 4.78 is 33.3. The summed E-state index contributed by atoms with van der Waals surface area (Å²) in [6, 6.07) is 12.5. The van der Waals surface area contributed by atoms with Crippen LogP contribution in [0.15, 0.2) is 59.9 Å². The largest absolute Gasteiger partial charge is 0.490 e. The fourth-order valence-corrected chi connectivity index (χ4v) is 3.96. The van der Waals surface area contributed by atoms with Crippen molar-refractivity contribution in [1.82, 2.24) is 29.3 Å². The maximum absolute atomic E-state index is 13.6. The molecular formula is C24H19ClF3N7O3. The molecule has 0 spiro atoms. The SMILES string of the molecule is Cc1cccc2nc(C(C)Nc3ncnc4[nH]cnc34)c(-c3ccccc3Cl)c(=O)n12.O=C(O)C(F)(F)F. The Kier molecular flexibility index (Phi) is 7.30. The van der Waals surface area contributed by atoms with Crippen molar-refractivity contribution < 1.29 is 23.1 Å². The van der Waals surface area contributed by atoms with Gasteiger partial charge in [0.15, 0.2) is 11.5 Å². The van der Waals surface area contributed by atoms with Gasteiger partial charge in [-0.15, -0.1) is 0 Å². The molecule has 0 aliphatic rings. The fraction of sp³-hybridized carbons (Fsp3) is 0.167. The molecule has 4 aromatic heterocycles. The van der Waals surface area contributed by atoms with Crippen molar-refractivity contribution >= 4 is 40.2 Å². The summed E-state index contributed by atoms with van der Waals surface area (Å²) in [6.45, 7) is 3.80. The molecule has 5 aromatic rings. The molecule has 5 rings (SSSR count). The van der Waals surface area contributed by atoms with Gasteiger partial charge in [0.1, 0.15) is 17.5 Å². The number of anilines is 1. The van der Waals surface area contributed by atoms with Gasteiger partial charge in [-0.1, -0.05) is 35.9 Å². The van der Waals surface area contributed by atoms with E-state index in [-0.39, 0.29) is 11.6 Å². The Morgan fingerprint density at radius 3 is 2.53 bits per heavy atom. The van der Waals surface area contributed by atoms with Gasteiger partial charge in [0.25, 0.3) is 5.56 Å². The smallest absolute Gasteiger partial charge is 0.475 e. The summed E-state index contributed by atoms with van der Waals surface area (Å²) in [5.41, 5.74) is 4.08. The predicted molar refractivity (Wildman–Crippen MR) is 134 cm³/mol. The summed E-state index contributed by atoms with van der Waals surface area (Å²) >= 11 is 6.49. The number of imidazole rings is 1. The Morgan fingerprint density at radius 2 is 1.84 bits per heavy atom. The van der Waals surface area contributed by atoms with E-state index in [1.165, 1.54) is 6.33 Å². The highest BCUT2D eigenvalue weighted by molar-refractivity contribution is 6.33. The number of fused-ring (bicyclic) bond motifs is 2. The van der Waals surface area contributed by atoms with Crippen molar-refractivity contribution in [3.8, 4) is 11.1 Å². The molecule has 0 bridgehead atoms. The minimum absolute atomic E-state index is 0.174. The van der Waals surface area contributed by atoms with Crippen LogP contribution in [0.5, 0.6) is 0 Å². The van der Waals surface area contributed by atoms with Crippen LogP contribution in [-0.4, -0.2) is 46.6 Å². The lowest BCUT2D eigenvalue weighted by Crippen LogP contribution is -2.24. The van der Waals surface area contributed by atoms with Gasteiger partial charge in [-0.3, -0.25) is 9.20 Å². The average Bonchev–Trinajstić information content (AvgIpc) is 3.34. The molecule has 1 aromatic carbocycles. The number of aliphatic carboxylic acids is 1. The van der Waals surface area contributed by atoms with E-state index in [0.29, 0.717) is 44.5 Å². The quantitative estimate of drug-likeness (QED) is 0.293.